The van der Waals surface area contributed by atoms with Crippen molar-refractivity contribution in [2.75, 3.05) is 25.0 Å². The summed E-state index contributed by atoms with van der Waals surface area (Å²) in [6.07, 6.45) is 3.42. The summed E-state index contributed by atoms with van der Waals surface area (Å²) in [4.78, 5) is 27.4. The Kier molecular flexibility index (Phi) is 4.09. The molecule has 0 unspecified atom stereocenters. The van der Waals surface area contributed by atoms with Gasteiger partial charge in [-0.25, -0.2) is 9.48 Å². The van der Waals surface area contributed by atoms with Crippen LogP contribution in [0.3, 0.4) is 0 Å². The molecule has 2 aliphatic rings. The normalized spacial score (nSPS) is 17.7. The second kappa shape index (κ2) is 6.54. The van der Waals surface area contributed by atoms with Crippen molar-refractivity contribution in [1.82, 2.24) is 24.8 Å². The van der Waals surface area contributed by atoms with Crippen LogP contribution in [0.5, 0.6) is 0 Å². The van der Waals surface area contributed by atoms with Gasteiger partial charge in [0.25, 0.3) is 0 Å². The van der Waals surface area contributed by atoms with Gasteiger partial charge in [-0.1, -0.05) is 23.4 Å². The maximum absolute atomic E-state index is 12.2. The zero-order valence-electron chi connectivity index (χ0n) is 13.8. The van der Waals surface area contributed by atoms with Gasteiger partial charge in [0.15, 0.2) is 0 Å². The Balaban J connectivity index is 1.29. The van der Waals surface area contributed by atoms with Crippen LogP contribution in [-0.2, 0) is 11.3 Å². The molecule has 1 N–H and O–H groups in total. The van der Waals surface area contributed by atoms with Crippen molar-refractivity contribution >= 4 is 17.6 Å². The first-order chi connectivity index (χ1) is 12.2. The van der Waals surface area contributed by atoms with E-state index in [9.17, 15) is 9.59 Å². The first-order valence-corrected chi connectivity index (χ1v) is 8.48. The van der Waals surface area contributed by atoms with Gasteiger partial charge in [-0.15, -0.1) is 5.10 Å². The fraction of sp³-hybridized carbons (Fsp3) is 0.412. The van der Waals surface area contributed by atoms with Crippen molar-refractivity contribution in [2.24, 2.45) is 0 Å². The van der Waals surface area contributed by atoms with Crippen LogP contribution in [0.25, 0.3) is 0 Å². The first kappa shape index (κ1) is 15.6. The fourth-order valence-electron chi connectivity index (χ4n) is 3.14. The number of hydrogen-bond donors (Lipinski definition) is 1. The van der Waals surface area contributed by atoms with Crippen molar-refractivity contribution in [2.45, 2.75) is 25.4 Å². The number of rotatable bonds is 4. The Morgan fingerprint density at radius 1 is 1.24 bits per heavy atom. The molecule has 0 bridgehead atoms. The number of nitrogens with one attached hydrogen (secondary N) is 1. The van der Waals surface area contributed by atoms with Crippen molar-refractivity contribution in [3.05, 3.63) is 42.2 Å². The fourth-order valence-corrected chi connectivity index (χ4v) is 3.14. The number of hydrogen-bond acceptors (Lipinski definition) is 4. The molecule has 130 valence electrons. The summed E-state index contributed by atoms with van der Waals surface area (Å²) < 4.78 is 1.79. The molecule has 8 heteroatoms. The highest BCUT2D eigenvalue weighted by molar-refractivity contribution is 5.89. The average Bonchev–Trinajstić information content (AvgIpc) is 3.17. The first-order valence-electron chi connectivity index (χ1n) is 8.48. The Morgan fingerprint density at radius 2 is 2.04 bits per heavy atom. The van der Waals surface area contributed by atoms with E-state index in [1.54, 1.807) is 9.58 Å². The zero-order valence-corrected chi connectivity index (χ0v) is 13.8. The monoisotopic (exact) mass is 340 g/mol. The summed E-state index contributed by atoms with van der Waals surface area (Å²) >= 11 is 0. The van der Waals surface area contributed by atoms with Crippen LogP contribution in [0.4, 0.5) is 10.5 Å². The quantitative estimate of drug-likeness (QED) is 0.914. The highest BCUT2D eigenvalue weighted by Gasteiger charge is 2.33. The lowest BCUT2D eigenvalue weighted by Gasteiger charge is -2.38. The van der Waals surface area contributed by atoms with Crippen LogP contribution in [0.15, 0.2) is 36.5 Å². The minimum atomic E-state index is -0.106. The zero-order chi connectivity index (χ0) is 17.2. The Hall–Kier alpha value is -2.90. The summed E-state index contributed by atoms with van der Waals surface area (Å²) in [6, 6.07) is 9.43. The van der Waals surface area contributed by atoms with E-state index < -0.39 is 0 Å². The second-order valence-corrected chi connectivity index (χ2v) is 6.46. The molecular formula is C17H20N6O2. The smallest absolute Gasteiger partial charge is 0.321 e. The van der Waals surface area contributed by atoms with Gasteiger partial charge >= 0.3 is 6.03 Å². The van der Waals surface area contributed by atoms with E-state index in [1.165, 1.54) is 0 Å². The Labute approximate surface area is 145 Å². The molecule has 3 amide bonds. The molecule has 8 nitrogen and oxygen atoms in total. The van der Waals surface area contributed by atoms with E-state index in [2.05, 4.69) is 15.6 Å². The highest BCUT2D eigenvalue weighted by atomic mass is 16.2. The number of benzene rings is 1. The van der Waals surface area contributed by atoms with Gasteiger partial charge in [0, 0.05) is 31.7 Å². The third-order valence-electron chi connectivity index (χ3n) is 4.63. The van der Waals surface area contributed by atoms with Crippen molar-refractivity contribution in [3.8, 4) is 0 Å². The molecule has 0 spiro atoms. The van der Waals surface area contributed by atoms with Gasteiger partial charge in [0.1, 0.15) is 5.69 Å². The molecule has 1 aromatic carbocycles. The number of nitrogens with zero attached hydrogens (tertiary/aromatic N) is 5. The van der Waals surface area contributed by atoms with E-state index in [0.29, 0.717) is 26.1 Å². The minimum Gasteiger partial charge on any atom is -0.337 e. The van der Waals surface area contributed by atoms with Gasteiger partial charge in [0.05, 0.1) is 18.8 Å². The van der Waals surface area contributed by atoms with Gasteiger partial charge in [-0.2, -0.15) is 0 Å². The van der Waals surface area contributed by atoms with E-state index >= 15 is 0 Å². The Morgan fingerprint density at radius 3 is 2.76 bits per heavy atom. The molecule has 4 rings (SSSR count). The number of carbonyl (C=O) groups is 2. The van der Waals surface area contributed by atoms with Crippen LogP contribution >= 0.6 is 0 Å². The van der Waals surface area contributed by atoms with Crippen LogP contribution in [-0.4, -0.2) is 56.4 Å². The molecule has 0 aliphatic carbocycles. The van der Waals surface area contributed by atoms with E-state index in [4.69, 9.17) is 0 Å². The van der Waals surface area contributed by atoms with Crippen LogP contribution in [0.2, 0.25) is 0 Å². The predicted octanol–water partition coefficient (Wildman–Crippen LogP) is 1.49. The molecule has 25 heavy (non-hydrogen) atoms. The lowest BCUT2D eigenvalue weighted by molar-refractivity contribution is -0.128. The third-order valence-corrected chi connectivity index (χ3v) is 4.63. The van der Waals surface area contributed by atoms with Crippen LogP contribution in [0, 0.1) is 0 Å². The molecule has 2 saturated heterocycles. The molecule has 0 atom stereocenters. The van der Waals surface area contributed by atoms with Crippen molar-refractivity contribution < 1.29 is 9.59 Å². The molecular weight excluding hydrogens is 320 g/mol. The van der Waals surface area contributed by atoms with Gasteiger partial charge < -0.3 is 15.1 Å². The molecule has 2 fully saturated rings. The minimum absolute atomic E-state index is 0.106. The molecule has 0 radical (unpaired) electrons. The van der Waals surface area contributed by atoms with Gasteiger partial charge in [0.2, 0.25) is 5.91 Å². The topological polar surface area (TPSA) is 83.4 Å². The molecule has 0 saturated carbocycles. The summed E-state index contributed by atoms with van der Waals surface area (Å²) in [5.41, 5.74) is 1.58. The highest BCUT2D eigenvalue weighted by Crippen LogP contribution is 2.22. The summed E-state index contributed by atoms with van der Waals surface area (Å²) in [5.74, 6) is 0.182. The summed E-state index contributed by atoms with van der Waals surface area (Å²) in [6.45, 7) is 2.51. The number of amides is 3. The molecule has 3 heterocycles. The van der Waals surface area contributed by atoms with E-state index in [0.717, 1.165) is 24.3 Å². The largest absolute Gasteiger partial charge is 0.337 e. The Bertz CT molecular complexity index is 768. The number of anilines is 1. The molecule has 2 aromatic rings. The van der Waals surface area contributed by atoms with E-state index in [1.807, 2.05) is 41.4 Å². The number of aromatic nitrogens is 3. The third kappa shape index (κ3) is 3.33. The number of para-hydroxylation sites is 1. The lowest BCUT2D eigenvalue weighted by atomic mass is 10.1. The van der Waals surface area contributed by atoms with E-state index in [-0.39, 0.29) is 18.0 Å². The number of likely N-dealkylation sites (tertiary alicyclic amines) is 2. The number of carbonyl (C=O) groups excluding carboxylic acids is 2. The summed E-state index contributed by atoms with van der Waals surface area (Å²) in [5, 5.41) is 11.2. The second-order valence-electron chi connectivity index (χ2n) is 6.46. The van der Waals surface area contributed by atoms with Crippen LogP contribution < -0.4 is 5.32 Å². The standard InChI is InChI=1S/C17H20N6O2/c24-16-7-4-8-21(16)9-14-10-23(20-19-14)15-11-22(12-15)17(25)18-13-5-2-1-3-6-13/h1-3,5-6,10,15H,4,7-9,11-12H2,(H,18,25). The average molecular weight is 340 g/mol. The molecule has 2 aliphatic heterocycles. The molecule has 1 aromatic heterocycles. The van der Waals surface area contributed by atoms with Crippen LogP contribution in [0.1, 0.15) is 24.6 Å². The van der Waals surface area contributed by atoms with Gasteiger partial charge in [-0.3, -0.25) is 4.79 Å². The predicted molar refractivity (Wildman–Crippen MR) is 90.7 cm³/mol. The summed E-state index contributed by atoms with van der Waals surface area (Å²) in [7, 11) is 0. The van der Waals surface area contributed by atoms with Crippen molar-refractivity contribution in [3.63, 3.8) is 0 Å². The maximum atomic E-state index is 12.2. The van der Waals surface area contributed by atoms with Crippen molar-refractivity contribution in [1.29, 1.82) is 0 Å². The maximum Gasteiger partial charge on any atom is 0.321 e. The van der Waals surface area contributed by atoms with Gasteiger partial charge in [-0.05, 0) is 18.6 Å². The number of urea groups is 1. The SMILES string of the molecule is O=C1CCCN1Cc1cn(C2CN(C(=O)Nc3ccccc3)C2)nn1. The lowest BCUT2D eigenvalue weighted by Crippen LogP contribution is -2.52.